The first-order chi connectivity index (χ1) is 5.70. The van der Waals surface area contributed by atoms with Gasteiger partial charge in [0, 0.05) is 24.9 Å². The summed E-state index contributed by atoms with van der Waals surface area (Å²) in [6.45, 7) is 0. The minimum Gasteiger partial charge on any atom is -0.324 e. The van der Waals surface area contributed by atoms with E-state index in [1.807, 2.05) is 0 Å². The Bertz CT molecular complexity index is 231. The number of aromatic nitrogens is 1. The molecule has 0 saturated heterocycles. The van der Waals surface area contributed by atoms with Gasteiger partial charge in [-0.3, -0.25) is 4.98 Å². The van der Waals surface area contributed by atoms with Crippen LogP contribution in [0, 0.1) is 0 Å². The molecule has 1 aromatic heterocycles. The molecular weight excluding hydrogens is 198 g/mol. The van der Waals surface area contributed by atoms with Gasteiger partial charge in [0.1, 0.15) is 0 Å². The zero-order chi connectivity index (χ0) is 8.97. The predicted molar refractivity (Wildman–Crippen MR) is 49.0 cm³/mol. The molecule has 1 atom stereocenters. The first-order valence-electron chi connectivity index (χ1n) is 3.64. The Hall–Kier alpha value is -0.740. The molecule has 2 N–H and O–H groups in total. The molecular formula is C8H11ClF2N2. The van der Waals surface area contributed by atoms with Crippen LogP contribution in [0.1, 0.15) is 18.0 Å². The molecule has 13 heavy (non-hydrogen) atoms. The van der Waals surface area contributed by atoms with Gasteiger partial charge in [0.25, 0.3) is 0 Å². The van der Waals surface area contributed by atoms with Crippen LogP contribution in [0.5, 0.6) is 0 Å². The van der Waals surface area contributed by atoms with Crippen molar-refractivity contribution in [1.82, 2.24) is 4.98 Å². The lowest BCUT2D eigenvalue weighted by atomic mass is 10.1. The highest BCUT2D eigenvalue weighted by molar-refractivity contribution is 5.85. The smallest absolute Gasteiger partial charge is 0.240 e. The number of pyridine rings is 1. The highest BCUT2D eigenvalue weighted by Gasteiger charge is 2.12. The summed E-state index contributed by atoms with van der Waals surface area (Å²) in [5, 5.41) is 0. The molecule has 74 valence electrons. The second kappa shape index (κ2) is 5.83. The van der Waals surface area contributed by atoms with Crippen LogP contribution in [-0.2, 0) is 0 Å². The summed E-state index contributed by atoms with van der Waals surface area (Å²) < 4.78 is 23.7. The molecule has 2 nitrogen and oxygen atoms in total. The summed E-state index contributed by atoms with van der Waals surface area (Å²) in [5.74, 6) is 0. The standard InChI is InChI=1S/C8H10F2N2.ClH/c9-8(10)4-7(11)6-2-1-3-12-5-6;/h1-3,5,7-8H,4,11H2;1H/t7-;/m1./s1. The van der Waals surface area contributed by atoms with E-state index in [0.717, 1.165) is 0 Å². The first kappa shape index (κ1) is 12.3. The Morgan fingerprint density at radius 1 is 1.46 bits per heavy atom. The van der Waals surface area contributed by atoms with Crippen LogP contribution in [0.4, 0.5) is 8.78 Å². The van der Waals surface area contributed by atoms with Gasteiger partial charge in [-0.15, -0.1) is 12.4 Å². The number of rotatable bonds is 3. The minimum atomic E-state index is -2.36. The van der Waals surface area contributed by atoms with E-state index in [-0.39, 0.29) is 18.8 Å². The maximum absolute atomic E-state index is 11.9. The van der Waals surface area contributed by atoms with Crippen LogP contribution in [0.2, 0.25) is 0 Å². The van der Waals surface area contributed by atoms with Crippen molar-refractivity contribution in [2.45, 2.75) is 18.9 Å². The SMILES string of the molecule is Cl.N[C@H](CC(F)F)c1cccnc1. The molecule has 0 fully saturated rings. The van der Waals surface area contributed by atoms with Gasteiger partial charge in [0.15, 0.2) is 0 Å². The van der Waals surface area contributed by atoms with Crippen molar-refractivity contribution < 1.29 is 8.78 Å². The van der Waals surface area contributed by atoms with E-state index in [1.165, 1.54) is 6.20 Å². The van der Waals surface area contributed by atoms with E-state index < -0.39 is 12.5 Å². The number of nitrogens with zero attached hydrogens (tertiary/aromatic N) is 1. The van der Waals surface area contributed by atoms with Crippen molar-refractivity contribution in [3.05, 3.63) is 30.1 Å². The third-order valence-electron chi connectivity index (χ3n) is 1.54. The Labute approximate surface area is 81.6 Å². The molecule has 0 aliphatic rings. The van der Waals surface area contributed by atoms with Gasteiger partial charge in [0.05, 0.1) is 0 Å². The molecule has 0 spiro atoms. The highest BCUT2D eigenvalue weighted by Crippen LogP contribution is 2.16. The molecule has 1 aromatic rings. The number of alkyl halides is 2. The maximum Gasteiger partial charge on any atom is 0.240 e. The van der Waals surface area contributed by atoms with Crippen molar-refractivity contribution in [1.29, 1.82) is 0 Å². The van der Waals surface area contributed by atoms with Crippen molar-refractivity contribution in [3.8, 4) is 0 Å². The number of hydrogen-bond acceptors (Lipinski definition) is 2. The van der Waals surface area contributed by atoms with Crippen molar-refractivity contribution in [2.75, 3.05) is 0 Å². The summed E-state index contributed by atoms with van der Waals surface area (Å²) in [7, 11) is 0. The van der Waals surface area contributed by atoms with E-state index in [1.54, 1.807) is 18.3 Å². The topological polar surface area (TPSA) is 38.9 Å². The van der Waals surface area contributed by atoms with Gasteiger partial charge in [-0.05, 0) is 11.6 Å². The molecule has 0 amide bonds. The van der Waals surface area contributed by atoms with Crippen molar-refractivity contribution in [3.63, 3.8) is 0 Å². The lowest BCUT2D eigenvalue weighted by Gasteiger charge is -2.09. The third-order valence-corrected chi connectivity index (χ3v) is 1.54. The van der Waals surface area contributed by atoms with E-state index in [4.69, 9.17) is 5.73 Å². The molecule has 0 bridgehead atoms. The molecule has 0 radical (unpaired) electrons. The van der Waals surface area contributed by atoms with Crippen LogP contribution >= 0.6 is 12.4 Å². The lowest BCUT2D eigenvalue weighted by Crippen LogP contribution is -2.13. The van der Waals surface area contributed by atoms with Gasteiger partial charge in [-0.2, -0.15) is 0 Å². The minimum absolute atomic E-state index is 0. The molecule has 0 aliphatic carbocycles. The van der Waals surface area contributed by atoms with E-state index in [2.05, 4.69) is 4.98 Å². The molecule has 0 aromatic carbocycles. The first-order valence-corrected chi connectivity index (χ1v) is 3.64. The fourth-order valence-electron chi connectivity index (χ4n) is 0.923. The van der Waals surface area contributed by atoms with E-state index >= 15 is 0 Å². The Balaban J connectivity index is 0.00000144. The quantitative estimate of drug-likeness (QED) is 0.827. The average molecular weight is 209 g/mol. The lowest BCUT2D eigenvalue weighted by molar-refractivity contribution is 0.128. The summed E-state index contributed by atoms with van der Waals surface area (Å²) in [5.41, 5.74) is 6.13. The van der Waals surface area contributed by atoms with Gasteiger partial charge in [-0.1, -0.05) is 6.07 Å². The van der Waals surface area contributed by atoms with Gasteiger partial charge in [-0.25, -0.2) is 8.78 Å². The Morgan fingerprint density at radius 3 is 2.62 bits per heavy atom. The summed E-state index contributed by atoms with van der Waals surface area (Å²) in [6, 6.07) is 2.76. The summed E-state index contributed by atoms with van der Waals surface area (Å²) in [4.78, 5) is 3.79. The summed E-state index contributed by atoms with van der Waals surface area (Å²) in [6.07, 6.45) is 0.414. The van der Waals surface area contributed by atoms with Crippen molar-refractivity contribution >= 4 is 12.4 Å². The third kappa shape index (κ3) is 4.15. The number of halogens is 3. The second-order valence-corrected chi connectivity index (χ2v) is 2.52. The van der Waals surface area contributed by atoms with Crippen molar-refractivity contribution in [2.24, 2.45) is 5.73 Å². The number of hydrogen-bond donors (Lipinski definition) is 1. The van der Waals surface area contributed by atoms with Crippen LogP contribution in [0.15, 0.2) is 24.5 Å². The zero-order valence-corrected chi connectivity index (χ0v) is 7.68. The predicted octanol–water partition coefficient (Wildman–Crippen LogP) is 2.16. The molecule has 1 heterocycles. The van der Waals surface area contributed by atoms with Crippen LogP contribution in [0.25, 0.3) is 0 Å². The van der Waals surface area contributed by atoms with Crippen LogP contribution < -0.4 is 5.73 Å². The molecule has 0 unspecified atom stereocenters. The molecule has 0 saturated carbocycles. The second-order valence-electron chi connectivity index (χ2n) is 2.52. The number of nitrogens with two attached hydrogens (primary N) is 1. The monoisotopic (exact) mass is 208 g/mol. The van der Waals surface area contributed by atoms with E-state index in [0.29, 0.717) is 5.56 Å². The normalized spacial score (nSPS) is 12.3. The zero-order valence-electron chi connectivity index (χ0n) is 6.86. The van der Waals surface area contributed by atoms with E-state index in [9.17, 15) is 8.78 Å². The molecule has 1 rings (SSSR count). The van der Waals surface area contributed by atoms with Gasteiger partial charge in [0.2, 0.25) is 6.43 Å². The highest BCUT2D eigenvalue weighted by atomic mass is 35.5. The fraction of sp³-hybridized carbons (Fsp3) is 0.375. The largest absolute Gasteiger partial charge is 0.324 e. The van der Waals surface area contributed by atoms with Crippen LogP contribution in [0.3, 0.4) is 0 Å². The average Bonchev–Trinajstić information content (AvgIpc) is 2.05. The maximum atomic E-state index is 11.9. The van der Waals surface area contributed by atoms with Gasteiger partial charge < -0.3 is 5.73 Å². The molecule has 0 aliphatic heterocycles. The fourth-order valence-corrected chi connectivity index (χ4v) is 0.923. The Kier molecular flexibility index (Phi) is 5.50. The van der Waals surface area contributed by atoms with Crippen LogP contribution in [-0.4, -0.2) is 11.4 Å². The summed E-state index contributed by atoms with van der Waals surface area (Å²) >= 11 is 0. The Morgan fingerprint density at radius 2 is 2.15 bits per heavy atom. The molecule has 5 heteroatoms. The van der Waals surface area contributed by atoms with Gasteiger partial charge >= 0.3 is 0 Å².